The zero-order chi connectivity index (χ0) is 69.7. The van der Waals surface area contributed by atoms with Gasteiger partial charge in [-0.15, -0.1) is 0 Å². The van der Waals surface area contributed by atoms with Crippen LogP contribution in [0.1, 0.15) is 373 Å². The van der Waals surface area contributed by atoms with Crippen LogP contribution in [0.25, 0.3) is 0 Å². The SMILES string of the molecule is CC/C=C\C/C=C\C/C=C\C/C=C\C/C=C\C/C=C\C/C=C\C/C=C\CCCCCCCCCCCCCCCCCCC(=O)OC(COC(=O)CCCCCCCCCCCCCCCCCCCCC/C=C\CCCCCCCCCC)COP(=O)([O-])OCC[N+](C)(C)C. The van der Waals surface area contributed by atoms with E-state index in [4.69, 9.17) is 18.5 Å². The van der Waals surface area contributed by atoms with Gasteiger partial charge in [0, 0.05) is 12.8 Å². The lowest BCUT2D eigenvalue weighted by Crippen LogP contribution is -2.37. The summed E-state index contributed by atoms with van der Waals surface area (Å²) in [6.45, 7) is 4.18. The fourth-order valence-corrected chi connectivity index (χ4v) is 12.3. The molecule has 2 unspecified atom stereocenters. The summed E-state index contributed by atoms with van der Waals surface area (Å²) in [5.74, 6) is -0.818. The van der Waals surface area contributed by atoms with E-state index < -0.39 is 26.5 Å². The lowest BCUT2D eigenvalue weighted by molar-refractivity contribution is -0.870. The van der Waals surface area contributed by atoms with Crippen LogP contribution in [0.3, 0.4) is 0 Å². The Hall–Kier alpha value is -3.33. The number of esters is 2. The van der Waals surface area contributed by atoms with Crippen LogP contribution in [0.2, 0.25) is 0 Å². The molecule has 556 valence electrons. The molecule has 0 aromatic carbocycles. The van der Waals surface area contributed by atoms with Gasteiger partial charge >= 0.3 is 11.9 Å². The third-order valence-corrected chi connectivity index (χ3v) is 18.7. The number of likely N-dealkylation sites (N-methyl/N-ethyl adjacent to an activating group) is 1. The Balaban J connectivity index is 3.96. The molecule has 0 amide bonds. The van der Waals surface area contributed by atoms with Gasteiger partial charge in [-0.1, -0.05) is 367 Å². The molecule has 2 atom stereocenters. The molecule has 0 aromatic rings. The fraction of sp³-hybridized carbons (Fsp3) is 0.767. The van der Waals surface area contributed by atoms with Crippen molar-refractivity contribution in [1.82, 2.24) is 0 Å². The second kappa shape index (κ2) is 75.9. The molecule has 0 rings (SSSR count). The maximum Gasteiger partial charge on any atom is 0.306 e. The molecule has 0 bridgehead atoms. The molecule has 0 aromatic heterocycles. The summed E-state index contributed by atoms with van der Waals surface area (Å²) < 4.78 is 34.4. The third kappa shape index (κ3) is 79.7. The molecule has 9 nitrogen and oxygen atoms in total. The first-order chi connectivity index (χ1) is 47.0. The van der Waals surface area contributed by atoms with Gasteiger partial charge in [-0.05, 0) is 103 Å². The maximum absolute atomic E-state index is 12.9. The normalized spacial score (nSPS) is 13.6. The molecule has 96 heavy (non-hydrogen) atoms. The second-order valence-corrected chi connectivity index (χ2v) is 29.8. The summed E-state index contributed by atoms with van der Waals surface area (Å²) in [6, 6.07) is 0. The van der Waals surface area contributed by atoms with E-state index in [-0.39, 0.29) is 32.0 Å². The lowest BCUT2D eigenvalue weighted by atomic mass is 10.0. The molecule has 0 N–H and O–H groups in total. The van der Waals surface area contributed by atoms with Crippen molar-refractivity contribution in [3.63, 3.8) is 0 Å². The molecular weight excluding hydrogens is 1210 g/mol. The number of nitrogens with zero attached hydrogens (tertiary/aromatic N) is 1. The first kappa shape index (κ1) is 92.7. The molecular formula is C86H154NO8P. The van der Waals surface area contributed by atoms with E-state index >= 15 is 0 Å². The van der Waals surface area contributed by atoms with Gasteiger partial charge in [-0.2, -0.15) is 0 Å². The Morgan fingerprint density at radius 3 is 0.896 bits per heavy atom. The van der Waals surface area contributed by atoms with Gasteiger partial charge in [-0.25, -0.2) is 0 Å². The number of carbonyl (C=O) groups excluding carboxylic acids is 2. The quantitative estimate of drug-likeness (QED) is 0.0195. The van der Waals surface area contributed by atoms with Crippen LogP contribution < -0.4 is 4.89 Å². The average molecular weight is 1360 g/mol. The molecule has 0 spiro atoms. The number of rotatable bonds is 75. The standard InChI is InChI=1S/C86H154NO8P/c1-6-8-10-12-14-16-18-20-22-24-26-28-30-32-34-36-38-39-40-41-42-43-44-45-46-47-49-51-53-55-57-59-61-63-65-67-69-71-73-75-77-79-86(89)95-84(83-94-96(90,91)93-81-80-87(3,4)5)82-92-85(88)78-76-74-72-70-68-66-64-62-60-58-56-54-52-50-48-37-35-33-31-29-27-25-23-21-19-17-15-13-11-9-7-2/h8,10,14,16,20,22,25-28,32,34,38-39,41-42,44-45,84H,6-7,9,11-13,15,17-19,21,23-24,29-31,33,35-37,40,43,46-83H2,1-5H3/b10-8-,16-14-,22-20-,27-25-,28-26-,34-32-,39-38-,42-41-,45-44-. The summed E-state index contributed by atoms with van der Waals surface area (Å²) in [7, 11) is 1.18. The van der Waals surface area contributed by atoms with Gasteiger partial charge in [0.1, 0.15) is 19.8 Å². The molecule has 0 heterocycles. The smallest absolute Gasteiger partial charge is 0.306 e. The highest BCUT2D eigenvalue weighted by atomic mass is 31.2. The average Bonchev–Trinajstić information content (AvgIpc) is 2.54. The van der Waals surface area contributed by atoms with Gasteiger partial charge in [0.25, 0.3) is 7.82 Å². The zero-order valence-electron chi connectivity index (χ0n) is 63.6. The van der Waals surface area contributed by atoms with E-state index in [1.807, 2.05) is 21.1 Å². The Morgan fingerprint density at radius 1 is 0.333 bits per heavy atom. The van der Waals surface area contributed by atoms with Crippen molar-refractivity contribution in [3.8, 4) is 0 Å². The van der Waals surface area contributed by atoms with Crippen molar-refractivity contribution in [2.24, 2.45) is 0 Å². The van der Waals surface area contributed by atoms with Crippen molar-refractivity contribution in [3.05, 3.63) is 109 Å². The van der Waals surface area contributed by atoms with Crippen molar-refractivity contribution in [2.45, 2.75) is 380 Å². The van der Waals surface area contributed by atoms with E-state index in [2.05, 4.69) is 123 Å². The van der Waals surface area contributed by atoms with Gasteiger partial charge < -0.3 is 27.9 Å². The number of quaternary nitrogens is 1. The number of hydrogen-bond acceptors (Lipinski definition) is 8. The molecule has 0 radical (unpaired) electrons. The monoisotopic (exact) mass is 1360 g/mol. The second-order valence-electron chi connectivity index (χ2n) is 28.4. The van der Waals surface area contributed by atoms with Crippen LogP contribution in [0, 0.1) is 0 Å². The number of allylic oxidation sites excluding steroid dienone is 18. The van der Waals surface area contributed by atoms with Crippen LogP contribution in [0.15, 0.2) is 109 Å². The van der Waals surface area contributed by atoms with E-state index in [1.165, 1.54) is 250 Å². The van der Waals surface area contributed by atoms with Crippen molar-refractivity contribution in [2.75, 3.05) is 47.5 Å². The minimum atomic E-state index is -4.65. The van der Waals surface area contributed by atoms with E-state index in [9.17, 15) is 19.0 Å². The predicted octanol–water partition coefficient (Wildman–Crippen LogP) is 26.5. The predicted molar refractivity (Wildman–Crippen MR) is 415 cm³/mol. The zero-order valence-corrected chi connectivity index (χ0v) is 64.5. The summed E-state index contributed by atoms with van der Waals surface area (Å²) in [6.07, 6.45) is 108. The molecule has 0 aliphatic carbocycles. The minimum absolute atomic E-state index is 0.0317. The largest absolute Gasteiger partial charge is 0.756 e. The Labute approximate surface area is 595 Å². The highest BCUT2D eigenvalue weighted by Crippen LogP contribution is 2.38. The van der Waals surface area contributed by atoms with Crippen molar-refractivity contribution >= 4 is 19.8 Å². The van der Waals surface area contributed by atoms with E-state index in [0.717, 1.165) is 89.9 Å². The van der Waals surface area contributed by atoms with Crippen molar-refractivity contribution < 1.29 is 42.1 Å². The summed E-state index contributed by atoms with van der Waals surface area (Å²) >= 11 is 0. The number of phosphoric ester groups is 1. The number of phosphoric acid groups is 1. The highest BCUT2D eigenvalue weighted by Gasteiger charge is 2.22. The minimum Gasteiger partial charge on any atom is -0.756 e. The van der Waals surface area contributed by atoms with Gasteiger partial charge in [0.15, 0.2) is 6.10 Å². The Kier molecular flexibility index (Phi) is 73.2. The van der Waals surface area contributed by atoms with Crippen LogP contribution in [-0.4, -0.2) is 70.0 Å². The van der Waals surface area contributed by atoms with Gasteiger partial charge in [-0.3, -0.25) is 14.2 Å². The number of ether oxygens (including phenoxy) is 2. The molecule has 0 fully saturated rings. The van der Waals surface area contributed by atoms with Gasteiger partial charge in [0.05, 0.1) is 27.7 Å². The lowest BCUT2D eigenvalue weighted by Gasteiger charge is -2.28. The summed E-state index contributed by atoms with van der Waals surface area (Å²) in [5, 5.41) is 0. The maximum atomic E-state index is 12.9. The van der Waals surface area contributed by atoms with Crippen LogP contribution in [0.5, 0.6) is 0 Å². The molecule has 0 saturated heterocycles. The number of carbonyl (C=O) groups is 2. The molecule has 10 heteroatoms. The Morgan fingerprint density at radius 2 is 0.594 bits per heavy atom. The third-order valence-electron chi connectivity index (χ3n) is 17.8. The summed E-state index contributed by atoms with van der Waals surface area (Å²) in [4.78, 5) is 38.2. The van der Waals surface area contributed by atoms with Crippen molar-refractivity contribution in [1.29, 1.82) is 0 Å². The molecule has 0 aliphatic heterocycles. The van der Waals surface area contributed by atoms with Crippen LogP contribution in [-0.2, 0) is 32.7 Å². The first-order valence-corrected chi connectivity index (χ1v) is 42.1. The summed E-state index contributed by atoms with van der Waals surface area (Å²) in [5.41, 5.74) is 0. The number of hydrogen-bond donors (Lipinski definition) is 0. The first-order valence-electron chi connectivity index (χ1n) is 40.6. The number of unbranched alkanes of at least 4 members (excludes halogenated alkanes) is 43. The Bertz CT molecular complexity index is 1990. The van der Waals surface area contributed by atoms with E-state index in [0.29, 0.717) is 17.4 Å². The van der Waals surface area contributed by atoms with Gasteiger partial charge in [0.2, 0.25) is 0 Å². The van der Waals surface area contributed by atoms with Crippen LogP contribution in [0.4, 0.5) is 0 Å². The molecule has 0 saturated carbocycles. The fourth-order valence-electron chi connectivity index (χ4n) is 11.6. The highest BCUT2D eigenvalue weighted by molar-refractivity contribution is 7.45. The molecule has 0 aliphatic rings. The topological polar surface area (TPSA) is 111 Å². The van der Waals surface area contributed by atoms with Crippen LogP contribution >= 0.6 is 7.82 Å². The van der Waals surface area contributed by atoms with E-state index in [1.54, 1.807) is 0 Å².